The number of terminal acetylenes is 1. The van der Waals surface area contributed by atoms with Gasteiger partial charge in [-0.3, -0.25) is 0 Å². The fourth-order valence-electron chi connectivity index (χ4n) is 4.13. The summed E-state index contributed by atoms with van der Waals surface area (Å²) in [6, 6.07) is 4.99. The fraction of sp³-hybridized carbons (Fsp3) is 0.429. The predicted octanol–water partition coefficient (Wildman–Crippen LogP) is 2.70. The van der Waals surface area contributed by atoms with Crippen LogP contribution in [0.1, 0.15) is 42.4 Å². The van der Waals surface area contributed by atoms with Crippen molar-refractivity contribution in [2.75, 3.05) is 16.8 Å². The predicted molar refractivity (Wildman–Crippen MR) is 109 cm³/mol. The van der Waals surface area contributed by atoms with E-state index in [-0.39, 0.29) is 23.3 Å². The van der Waals surface area contributed by atoms with Crippen molar-refractivity contribution >= 4 is 15.7 Å². The minimum atomic E-state index is -3.00. The van der Waals surface area contributed by atoms with Crippen molar-refractivity contribution in [3.05, 3.63) is 34.9 Å². The van der Waals surface area contributed by atoms with Crippen LogP contribution in [0.5, 0.6) is 5.75 Å². The minimum Gasteiger partial charge on any atom is -0.507 e. The molecule has 0 bridgehead atoms. The van der Waals surface area contributed by atoms with Gasteiger partial charge in [-0.25, -0.2) is 8.42 Å². The van der Waals surface area contributed by atoms with Gasteiger partial charge >= 0.3 is 0 Å². The summed E-state index contributed by atoms with van der Waals surface area (Å²) in [7, 11) is -3.00. The van der Waals surface area contributed by atoms with Gasteiger partial charge in [-0.2, -0.15) is 0 Å². The first-order valence-electron chi connectivity index (χ1n) is 9.62. The Morgan fingerprint density at radius 2 is 1.93 bits per heavy atom. The number of benzene rings is 1. The Bertz CT molecular complexity index is 1060. The van der Waals surface area contributed by atoms with Crippen LogP contribution >= 0.6 is 0 Å². The van der Waals surface area contributed by atoms with E-state index in [9.17, 15) is 13.5 Å². The first kappa shape index (κ1) is 18.8. The summed E-state index contributed by atoms with van der Waals surface area (Å²) < 4.78 is 23.9. The van der Waals surface area contributed by atoms with Crippen LogP contribution < -0.4 is 5.32 Å². The third-order valence-electron chi connectivity index (χ3n) is 5.51. The molecule has 0 spiro atoms. The van der Waals surface area contributed by atoms with Crippen molar-refractivity contribution in [2.45, 2.75) is 44.6 Å². The fourth-order valence-corrected chi connectivity index (χ4v) is 5.77. The maximum absolute atomic E-state index is 12.0. The number of hydrogen-bond donors (Lipinski definition) is 2. The molecule has 6 nitrogen and oxygen atoms in total. The van der Waals surface area contributed by atoms with Crippen LogP contribution in [-0.2, 0) is 22.7 Å². The number of nitrogens with one attached hydrogen (secondary N) is 1. The molecule has 1 saturated heterocycles. The molecule has 146 valence electrons. The van der Waals surface area contributed by atoms with Gasteiger partial charge in [-0.05, 0) is 62.3 Å². The molecule has 0 saturated carbocycles. The van der Waals surface area contributed by atoms with E-state index in [1.54, 1.807) is 18.2 Å². The Morgan fingerprint density at radius 1 is 1.14 bits per heavy atom. The van der Waals surface area contributed by atoms with Crippen molar-refractivity contribution in [3.8, 4) is 29.4 Å². The monoisotopic (exact) mass is 397 g/mol. The van der Waals surface area contributed by atoms with Crippen molar-refractivity contribution in [1.29, 1.82) is 0 Å². The lowest BCUT2D eigenvalue weighted by Crippen LogP contribution is -2.35. The third-order valence-corrected chi connectivity index (χ3v) is 7.33. The topological polar surface area (TPSA) is 92.2 Å². The molecule has 1 fully saturated rings. The van der Waals surface area contributed by atoms with Crippen LogP contribution in [0.4, 0.5) is 5.82 Å². The van der Waals surface area contributed by atoms with Crippen LogP contribution in [0.15, 0.2) is 18.2 Å². The number of hydrogen-bond acceptors (Lipinski definition) is 6. The quantitative estimate of drug-likeness (QED) is 0.774. The summed E-state index contributed by atoms with van der Waals surface area (Å²) in [4.78, 5) is 0. The average molecular weight is 398 g/mol. The first-order valence-corrected chi connectivity index (χ1v) is 11.4. The SMILES string of the molecule is C#Cc1ccc(-c2nnc(N[C@@H]3CCCS(=O)(=O)C3)c3c2CCCC3)c(O)c1. The lowest BCUT2D eigenvalue weighted by atomic mass is 9.88. The van der Waals surface area contributed by atoms with E-state index >= 15 is 0 Å². The zero-order valence-electron chi connectivity index (χ0n) is 15.6. The van der Waals surface area contributed by atoms with Gasteiger partial charge in [-0.1, -0.05) is 5.92 Å². The van der Waals surface area contributed by atoms with Gasteiger partial charge in [0.1, 0.15) is 11.4 Å². The Kier molecular flexibility index (Phi) is 4.98. The van der Waals surface area contributed by atoms with Gasteiger partial charge in [0.2, 0.25) is 0 Å². The van der Waals surface area contributed by atoms with Gasteiger partial charge in [0.15, 0.2) is 15.7 Å². The summed E-state index contributed by atoms with van der Waals surface area (Å²) in [5.41, 5.74) is 4.07. The molecule has 2 aromatic rings. The molecule has 1 atom stereocenters. The van der Waals surface area contributed by atoms with Gasteiger partial charge < -0.3 is 10.4 Å². The molecule has 2 heterocycles. The highest BCUT2D eigenvalue weighted by atomic mass is 32.2. The maximum Gasteiger partial charge on any atom is 0.152 e. The van der Waals surface area contributed by atoms with Crippen molar-refractivity contribution in [1.82, 2.24) is 10.2 Å². The second kappa shape index (κ2) is 7.44. The Labute approximate surface area is 165 Å². The lowest BCUT2D eigenvalue weighted by molar-refractivity contribution is 0.476. The van der Waals surface area contributed by atoms with Crippen LogP contribution in [0.2, 0.25) is 0 Å². The van der Waals surface area contributed by atoms with Crippen molar-refractivity contribution in [3.63, 3.8) is 0 Å². The molecular weight excluding hydrogens is 374 g/mol. The molecule has 2 aliphatic rings. The molecule has 7 heteroatoms. The Morgan fingerprint density at radius 3 is 2.64 bits per heavy atom. The van der Waals surface area contributed by atoms with Crippen LogP contribution in [-0.4, -0.2) is 41.3 Å². The molecular formula is C21H23N3O3S. The summed E-state index contributed by atoms with van der Waals surface area (Å²) in [6.45, 7) is 0. The zero-order chi connectivity index (χ0) is 19.7. The van der Waals surface area contributed by atoms with Crippen molar-refractivity contribution in [2.24, 2.45) is 0 Å². The number of phenolic OH excluding ortho intramolecular Hbond substituents is 1. The normalized spacial score (nSPS) is 20.8. The van der Waals surface area contributed by atoms with Gasteiger partial charge in [0.25, 0.3) is 0 Å². The molecule has 1 aliphatic heterocycles. The van der Waals surface area contributed by atoms with E-state index in [4.69, 9.17) is 6.42 Å². The van der Waals surface area contributed by atoms with Crippen LogP contribution in [0.25, 0.3) is 11.3 Å². The van der Waals surface area contributed by atoms with Crippen LogP contribution in [0, 0.1) is 12.3 Å². The minimum absolute atomic E-state index is 0.0941. The largest absolute Gasteiger partial charge is 0.507 e. The number of rotatable bonds is 3. The molecule has 4 rings (SSSR count). The van der Waals surface area contributed by atoms with E-state index in [1.807, 2.05) is 0 Å². The highest BCUT2D eigenvalue weighted by Crippen LogP contribution is 2.37. The number of fused-ring (bicyclic) bond motifs is 1. The van der Waals surface area contributed by atoms with Gasteiger partial charge in [0.05, 0.1) is 11.5 Å². The number of nitrogens with zero attached hydrogens (tertiary/aromatic N) is 2. The van der Waals surface area contributed by atoms with E-state index in [0.29, 0.717) is 29.1 Å². The molecule has 1 aliphatic carbocycles. The first-order chi connectivity index (χ1) is 13.5. The standard InChI is InChI=1S/C21H23N3O3S/c1-2-14-9-10-18(19(25)12-14)20-16-7-3-4-8-17(16)21(24-23-20)22-15-6-5-11-28(26,27)13-15/h1,9-10,12,15,25H,3-8,11,13H2,(H,22,24)/t15-/m1/s1. The Hall–Kier alpha value is -2.59. The Balaban J connectivity index is 1.71. The summed E-state index contributed by atoms with van der Waals surface area (Å²) in [5.74, 6) is 3.69. The molecule has 2 N–H and O–H groups in total. The number of phenols is 1. The molecule has 28 heavy (non-hydrogen) atoms. The second-order valence-corrected chi connectivity index (χ2v) is 9.76. The molecule has 1 aromatic heterocycles. The summed E-state index contributed by atoms with van der Waals surface area (Å²) in [5, 5.41) is 22.5. The molecule has 1 aromatic carbocycles. The van der Waals surface area contributed by atoms with E-state index in [0.717, 1.165) is 43.2 Å². The zero-order valence-corrected chi connectivity index (χ0v) is 16.4. The van der Waals surface area contributed by atoms with Crippen molar-refractivity contribution < 1.29 is 13.5 Å². The van der Waals surface area contributed by atoms with Gasteiger partial charge in [0, 0.05) is 22.7 Å². The number of sulfone groups is 1. The highest BCUT2D eigenvalue weighted by Gasteiger charge is 2.27. The number of aromatic nitrogens is 2. The number of aromatic hydroxyl groups is 1. The summed E-state index contributed by atoms with van der Waals surface area (Å²) >= 11 is 0. The van der Waals surface area contributed by atoms with Crippen LogP contribution in [0.3, 0.4) is 0 Å². The number of anilines is 1. The smallest absolute Gasteiger partial charge is 0.152 e. The molecule has 0 unspecified atom stereocenters. The van der Waals surface area contributed by atoms with E-state index in [1.165, 1.54) is 0 Å². The second-order valence-electron chi connectivity index (χ2n) is 7.54. The third kappa shape index (κ3) is 3.69. The maximum atomic E-state index is 12.0. The van der Waals surface area contributed by atoms with E-state index < -0.39 is 9.84 Å². The highest BCUT2D eigenvalue weighted by molar-refractivity contribution is 7.91. The lowest BCUT2D eigenvalue weighted by Gasteiger charge is -2.27. The van der Waals surface area contributed by atoms with Gasteiger partial charge in [-0.15, -0.1) is 16.6 Å². The summed E-state index contributed by atoms with van der Waals surface area (Å²) in [6.07, 6.45) is 10.7. The molecule has 0 amide bonds. The average Bonchev–Trinajstić information content (AvgIpc) is 2.68. The molecule has 0 radical (unpaired) electrons. The van der Waals surface area contributed by atoms with E-state index in [2.05, 4.69) is 21.4 Å².